The largest absolute Gasteiger partial charge is 0.507 e. The van der Waals surface area contributed by atoms with Crippen LogP contribution in [-0.4, -0.2) is 24.2 Å². The molecule has 0 atom stereocenters. The molecule has 6 heteroatoms. The molecule has 5 nitrogen and oxygen atoms in total. The minimum Gasteiger partial charge on any atom is -0.507 e. The SMILES string of the molecule is CC(C)(C)c1cc(-c2nc3c(-c4[c-]c(-c5nccc6c7ccccc7n(-c7ccccc7)c56)cc(-c5ccccc5)c4)cccc3n2-c2ccccc2-c2ccccc2)c(O)c(C(C)(C)C)c1.[Pt]. The van der Waals surface area contributed by atoms with Crippen LogP contribution in [0.5, 0.6) is 5.75 Å². The maximum atomic E-state index is 12.5. The van der Waals surface area contributed by atoms with E-state index >= 15 is 0 Å². The maximum Gasteiger partial charge on any atom is 0.148 e. The second-order valence-corrected chi connectivity index (χ2v) is 19.6. The molecule has 3 aromatic heterocycles. The summed E-state index contributed by atoms with van der Waals surface area (Å²) in [6.07, 6.45) is 1.92. The zero-order valence-corrected chi connectivity index (χ0v) is 41.3. The molecule has 3 heterocycles. The summed E-state index contributed by atoms with van der Waals surface area (Å²) in [4.78, 5) is 10.9. The first kappa shape index (κ1) is 44.5. The molecule has 0 radical (unpaired) electrons. The van der Waals surface area contributed by atoms with E-state index in [2.05, 4.69) is 239 Å². The van der Waals surface area contributed by atoms with Crippen molar-refractivity contribution in [3.05, 3.63) is 211 Å². The monoisotopic (exact) mass is 1060 g/mol. The number of nitrogens with zero attached hydrogens (tertiary/aromatic N) is 4. The van der Waals surface area contributed by atoms with Gasteiger partial charge in [0, 0.05) is 66.1 Å². The van der Waals surface area contributed by atoms with Crippen LogP contribution in [0.4, 0.5) is 0 Å². The van der Waals surface area contributed by atoms with E-state index in [9.17, 15) is 5.11 Å². The van der Waals surface area contributed by atoms with E-state index in [1.54, 1.807) is 0 Å². The Labute approximate surface area is 412 Å². The quantitative estimate of drug-likeness (QED) is 0.162. The summed E-state index contributed by atoms with van der Waals surface area (Å²) in [5.41, 5.74) is 15.9. The van der Waals surface area contributed by atoms with E-state index < -0.39 is 0 Å². The van der Waals surface area contributed by atoms with Gasteiger partial charge in [-0.1, -0.05) is 192 Å². The summed E-state index contributed by atoms with van der Waals surface area (Å²) in [6, 6.07) is 69.9. The summed E-state index contributed by atoms with van der Waals surface area (Å²) in [6.45, 7) is 13.2. The third kappa shape index (κ3) is 7.75. The van der Waals surface area contributed by atoms with Gasteiger partial charge in [-0.3, -0.25) is 9.55 Å². The van der Waals surface area contributed by atoms with Crippen LogP contribution in [0, 0.1) is 6.07 Å². The Morgan fingerprint density at radius 2 is 1.12 bits per heavy atom. The Morgan fingerprint density at radius 1 is 0.500 bits per heavy atom. The summed E-state index contributed by atoms with van der Waals surface area (Å²) in [5.74, 6) is 0.905. The van der Waals surface area contributed by atoms with Crippen LogP contribution in [0.2, 0.25) is 0 Å². The van der Waals surface area contributed by atoms with E-state index in [0.717, 1.165) is 100.0 Å². The van der Waals surface area contributed by atoms with E-state index in [0.29, 0.717) is 11.4 Å². The van der Waals surface area contributed by atoms with Gasteiger partial charge in [0.2, 0.25) is 0 Å². The Bertz CT molecular complexity index is 3650. The van der Waals surface area contributed by atoms with Crippen molar-refractivity contribution in [2.75, 3.05) is 0 Å². The van der Waals surface area contributed by atoms with E-state index in [1.165, 1.54) is 0 Å². The van der Waals surface area contributed by atoms with Crippen LogP contribution in [0.15, 0.2) is 194 Å². The van der Waals surface area contributed by atoms with Crippen LogP contribution >= 0.6 is 0 Å². The summed E-state index contributed by atoms with van der Waals surface area (Å²) < 4.78 is 4.58. The smallest absolute Gasteiger partial charge is 0.148 e. The van der Waals surface area contributed by atoms with E-state index in [4.69, 9.17) is 9.97 Å². The Hall–Kier alpha value is -7.33. The van der Waals surface area contributed by atoms with Gasteiger partial charge in [0.25, 0.3) is 0 Å². The number of aromatic nitrogens is 4. The first-order valence-electron chi connectivity index (χ1n) is 23.1. The van der Waals surface area contributed by atoms with Gasteiger partial charge in [0.1, 0.15) is 11.6 Å². The number of pyridine rings is 1. The standard InChI is InChI=1S/C62H51N4O.Pt/c1-61(2,3)45-38-51(59(67)52(39-45)62(4,5)6)60-64-57-48(29-20-32-55(57)66(60)53-30-18-16-27-47(53)41-23-12-8-13-24-41)43-35-42(40-21-10-7-11-22-40)36-44(37-43)56-58-50(33-34-63-56)49-28-17-19-31-54(49)65(58)46-25-14-9-15-26-46;/h7-36,38-39,67H,1-6H3;/q-1;. The third-order valence-corrected chi connectivity index (χ3v) is 13.1. The summed E-state index contributed by atoms with van der Waals surface area (Å²) >= 11 is 0. The van der Waals surface area contributed by atoms with Crippen molar-refractivity contribution >= 4 is 32.8 Å². The molecule has 0 saturated carbocycles. The normalized spacial score (nSPS) is 11.9. The molecular weight excluding hydrogens is 1010 g/mol. The summed E-state index contributed by atoms with van der Waals surface area (Å²) in [7, 11) is 0. The van der Waals surface area contributed by atoms with Crippen LogP contribution < -0.4 is 0 Å². The Balaban J connectivity index is 0.00000539. The third-order valence-electron chi connectivity index (χ3n) is 13.1. The van der Waals surface area contributed by atoms with E-state index in [-0.39, 0.29) is 37.6 Å². The van der Waals surface area contributed by atoms with Gasteiger partial charge >= 0.3 is 0 Å². The van der Waals surface area contributed by atoms with Crippen LogP contribution in [0.1, 0.15) is 52.7 Å². The number of imidazole rings is 1. The molecule has 68 heavy (non-hydrogen) atoms. The second-order valence-electron chi connectivity index (χ2n) is 19.6. The first-order valence-corrected chi connectivity index (χ1v) is 23.1. The van der Waals surface area contributed by atoms with Crippen molar-refractivity contribution < 1.29 is 26.2 Å². The van der Waals surface area contributed by atoms with Crippen LogP contribution in [-0.2, 0) is 31.9 Å². The number of rotatable bonds is 7. The second kappa shape index (κ2) is 17.4. The predicted molar refractivity (Wildman–Crippen MR) is 278 cm³/mol. The van der Waals surface area contributed by atoms with Crippen molar-refractivity contribution in [2.45, 2.75) is 52.4 Å². The first-order chi connectivity index (χ1) is 32.4. The molecule has 336 valence electrons. The van der Waals surface area contributed by atoms with Gasteiger partial charge in [-0.15, -0.1) is 23.8 Å². The van der Waals surface area contributed by atoms with Gasteiger partial charge in [-0.2, -0.15) is 0 Å². The summed E-state index contributed by atoms with van der Waals surface area (Å²) in [5, 5.41) is 14.8. The number of hydrogen-bond donors (Lipinski definition) is 1. The molecule has 11 aromatic rings. The molecule has 0 saturated heterocycles. The topological polar surface area (TPSA) is 55.9 Å². The fourth-order valence-electron chi connectivity index (χ4n) is 9.68. The molecule has 0 aliphatic heterocycles. The van der Waals surface area contributed by atoms with Gasteiger partial charge in [0.15, 0.2) is 0 Å². The van der Waals surface area contributed by atoms with Gasteiger partial charge in [-0.05, 0) is 70.0 Å². The van der Waals surface area contributed by atoms with Crippen molar-refractivity contribution in [1.82, 2.24) is 19.1 Å². The number of hydrogen-bond acceptors (Lipinski definition) is 3. The number of aromatic hydroxyl groups is 1. The minimum absolute atomic E-state index is 0. The molecule has 1 N–H and O–H groups in total. The van der Waals surface area contributed by atoms with Gasteiger partial charge in [0.05, 0.1) is 27.8 Å². The average Bonchev–Trinajstić information content (AvgIpc) is 3.90. The Morgan fingerprint density at radius 3 is 1.84 bits per heavy atom. The van der Waals surface area contributed by atoms with Gasteiger partial charge < -0.3 is 9.67 Å². The van der Waals surface area contributed by atoms with Crippen LogP contribution in [0.3, 0.4) is 0 Å². The number of phenolic OH excluding ortho intramolecular Hbond substituents is 1. The fourth-order valence-corrected chi connectivity index (χ4v) is 9.68. The minimum atomic E-state index is -0.337. The number of phenols is 1. The predicted octanol–water partition coefficient (Wildman–Crippen LogP) is 16.0. The van der Waals surface area contributed by atoms with E-state index in [1.807, 2.05) is 12.3 Å². The molecule has 8 aromatic carbocycles. The molecular formula is C62H51N4OPt-. The average molecular weight is 1060 g/mol. The van der Waals surface area contributed by atoms with Crippen molar-refractivity contribution in [2.24, 2.45) is 0 Å². The van der Waals surface area contributed by atoms with Gasteiger partial charge in [-0.25, -0.2) is 4.98 Å². The van der Waals surface area contributed by atoms with Crippen molar-refractivity contribution in [3.8, 4) is 73.2 Å². The molecule has 11 rings (SSSR count). The number of fused-ring (bicyclic) bond motifs is 4. The molecule has 0 bridgehead atoms. The molecule has 0 amide bonds. The molecule has 0 fully saturated rings. The van der Waals surface area contributed by atoms with Crippen molar-refractivity contribution in [1.29, 1.82) is 0 Å². The van der Waals surface area contributed by atoms with Crippen LogP contribution in [0.25, 0.3) is 100 Å². The molecule has 0 unspecified atom stereocenters. The number of benzene rings is 8. The fraction of sp³-hybridized carbons (Fsp3) is 0.129. The molecule has 0 aliphatic carbocycles. The zero-order chi connectivity index (χ0) is 46.0. The number of para-hydroxylation sites is 4. The van der Waals surface area contributed by atoms with Crippen molar-refractivity contribution in [3.63, 3.8) is 0 Å². The zero-order valence-electron chi connectivity index (χ0n) is 39.0. The Kier molecular flexibility index (Phi) is 11.4. The molecule has 0 spiro atoms. The molecule has 0 aliphatic rings. The maximum absolute atomic E-state index is 12.5.